The molecule has 0 aliphatic carbocycles. The van der Waals surface area contributed by atoms with Gasteiger partial charge in [-0.05, 0) is 57.8 Å². The maximum atomic E-state index is 13.2. The highest BCUT2D eigenvalue weighted by molar-refractivity contribution is 5.76. The predicted octanol–water partition coefficient (Wildman–Crippen LogP) is 21.7. The fraction of sp³-hybridized carbons (Fsp3) is 0.861. The summed E-state index contributed by atoms with van der Waals surface area (Å²) in [5.74, 6) is -0.169. The van der Waals surface area contributed by atoms with Crippen LogP contribution in [0.5, 0.6) is 0 Å². The molecule has 1 heterocycles. The van der Waals surface area contributed by atoms with Crippen molar-refractivity contribution in [1.82, 2.24) is 5.32 Å². The fourth-order valence-electron chi connectivity index (χ4n) is 12.4. The van der Waals surface area contributed by atoms with E-state index in [1.165, 1.54) is 295 Å². The Hall–Kier alpha value is -2.11. The summed E-state index contributed by atoms with van der Waals surface area (Å²) < 4.78 is 11.3. The Balaban J connectivity index is 2.07. The van der Waals surface area contributed by atoms with Crippen molar-refractivity contribution in [3.05, 3.63) is 60.8 Å². The average molecular weight is 1240 g/mol. The van der Waals surface area contributed by atoms with Crippen LogP contribution >= 0.6 is 0 Å². The molecule has 88 heavy (non-hydrogen) atoms. The molecule has 0 radical (unpaired) electrons. The maximum absolute atomic E-state index is 13.2. The van der Waals surface area contributed by atoms with E-state index in [9.17, 15) is 30.3 Å². The lowest BCUT2D eigenvalue weighted by molar-refractivity contribution is -0.302. The number of nitrogens with one attached hydrogen (secondary N) is 1. The minimum atomic E-state index is -1.57. The number of aliphatic hydroxyl groups excluding tert-OH is 5. The van der Waals surface area contributed by atoms with Gasteiger partial charge in [-0.15, -0.1) is 0 Å². The lowest BCUT2D eigenvalue weighted by atomic mass is 9.99. The summed E-state index contributed by atoms with van der Waals surface area (Å²) in [6.45, 7) is 3.72. The van der Waals surface area contributed by atoms with Crippen molar-refractivity contribution in [3.63, 3.8) is 0 Å². The van der Waals surface area contributed by atoms with Gasteiger partial charge in [0.25, 0.3) is 0 Å². The van der Waals surface area contributed by atoms with E-state index in [2.05, 4.69) is 67.8 Å². The zero-order chi connectivity index (χ0) is 63.5. The molecule has 1 amide bonds. The van der Waals surface area contributed by atoms with Crippen LogP contribution < -0.4 is 5.32 Å². The quantitative estimate of drug-likeness (QED) is 0.0261. The first-order chi connectivity index (χ1) is 43.3. The molecule has 1 rings (SSSR count). The highest BCUT2D eigenvalue weighted by atomic mass is 16.7. The number of amides is 1. The molecule has 6 N–H and O–H groups in total. The topological polar surface area (TPSA) is 149 Å². The summed E-state index contributed by atoms with van der Waals surface area (Å²) in [4.78, 5) is 13.2. The van der Waals surface area contributed by atoms with Crippen LogP contribution in [-0.2, 0) is 14.3 Å². The first-order valence-electron chi connectivity index (χ1n) is 38.5. The zero-order valence-corrected chi connectivity index (χ0v) is 58.0. The van der Waals surface area contributed by atoms with E-state index >= 15 is 0 Å². The van der Waals surface area contributed by atoms with Gasteiger partial charge in [0.2, 0.25) is 5.91 Å². The van der Waals surface area contributed by atoms with Crippen LogP contribution in [0.4, 0.5) is 0 Å². The van der Waals surface area contributed by atoms with Gasteiger partial charge in [-0.1, -0.05) is 376 Å². The Bertz CT molecular complexity index is 1580. The summed E-state index contributed by atoms with van der Waals surface area (Å²) in [5.41, 5.74) is 0. The third kappa shape index (κ3) is 55.5. The molecule has 7 unspecified atom stereocenters. The Morgan fingerprint density at radius 3 is 1.05 bits per heavy atom. The second-order valence-electron chi connectivity index (χ2n) is 26.8. The van der Waals surface area contributed by atoms with Gasteiger partial charge in [-0.25, -0.2) is 0 Å². The fourth-order valence-corrected chi connectivity index (χ4v) is 12.4. The third-order valence-corrected chi connectivity index (χ3v) is 18.3. The molecule has 1 fully saturated rings. The average Bonchev–Trinajstić information content (AvgIpc) is 3.29. The predicted molar refractivity (Wildman–Crippen MR) is 378 cm³/mol. The van der Waals surface area contributed by atoms with Crippen molar-refractivity contribution in [1.29, 1.82) is 0 Å². The van der Waals surface area contributed by atoms with Crippen LogP contribution in [0.1, 0.15) is 380 Å². The zero-order valence-electron chi connectivity index (χ0n) is 58.0. The van der Waals surface area contributed by atoms with Gasteiger partial charge in [0.05, 0.1) is 25.4 Å². The van der Waals surface area contributed by atoms with Gasteiger partial charge in [0, 0.05) is 6.42 Å². The molecule has 7 atom stereocenters. The molecule has 1 saturated heterocycles. The van der Waals surface area contributed by atoms with E-state index < -0.39 is 49.5 Å². The number of carbonyl (C=O) groups excluding carboxylic acids is 1. The van der Waals surface area contributed by atoms with Crippen LogP contribution in [-0.4, -0.2) is 87.5 Å². The number of carbonyl (C=O) groups is 1. The lowest BCUT2D eigenvalue weighted by Crippen LogP contribution is -2.60. The Kier molecular flexibility index (Phi) is 64.6. The molecule has 0 spiro atoms. The summed E-state index contributed by atoms with van der Waals surface area (Å²) in [7, 11) is 0. The smallest absolute Gasteiger partial charge is 0.220 e. The molecule has 9 heteroatoms. The highest BCUT2D eigenvalue weighted by Gasteiger charge is 2.44. The molecular weight excluding hydrogens is 1090 g/mol. The van der Waals surface area contributed by atoms with Gasteiger partial charge in [-0.2, -0.15) is 0 Å². The summed E-state index contributed by atoms with van der Waals surface area (Å²) in [6.07, 6.45) is 87.9. The van der Waals surface area contributed by atoms with Crippen LogP contribution in [0.3, 0.4) is 0 Å². The monoisotopic (exact) mass is 1240 g/mol. The lowest BCUT2D eigenvalue weighted by Gasteiger charge is -2.40. The van der Waals surface area contributed by atoms with E-state index in [4.69, 9.17) is 9.47 Å². The standard InChI is InChI=1S/C79H147NO8/c1-3-5-7-9-11-13-15-17-19-21-23-25-27-29-31-33-34-35-36-37-38-39-40-41-43-45-47-49-51-53-55-57-59-61-63-65-67-69-75(83)80-72(71-87-79-78(86)77(85)76(84)74(70-81)88-79)73(82)68-66-64-62-60-58-56-54-52-50-48-46-44-42-32-30-28-26-24-22-20-18-16-14-12-10-8-6-4-2/h5,7,11,13,17,19,23,25,66,68,72-74,76-79,81-82,84-86H,3-4,6,8-10,12,14-16,18,20-22,24,26-65,67,69-71H2,1-2H3,(H,80,83)/b7-5-,13-11-,19-17-,25-23-,68-66+. The number of aliphatic hydroxyl groups is 5. The van der Waals surface area contributed by atoms with Crippen molar-refractivity contribution < 1.29 is 39.8 Å². The first-order valence-corrected chi connectivity index (χ1v) is 38.5. The molecular formula is C79H147NO8. The van der Waals surface area contributed by atoms with E-state index in [-0.39, 0.29) is 12.5 Å². The number of hydrogen-bond acceptors (Lipinski definition) is 8. The van der Waals surface area contributed by atoms with Crippen molar-refractivity contribution in [2.24, 2.45) is 0 Å². The normalized spacial score (nSPS) is 18.2. The van der Waals surface area contributed by atoms with Gasteiger partial charge in [0.1, 0.15) is 24.4 Å². The maximum Gasteiger partial charge on any atom is 0.220 e. The molecule has 9 nitrogen and oxygen atoms in total. The number of ether oxygens (including phenoxy) is 2. The third-order valence-electron chi connectivity index (χ3n) is 18.3. The van der Waals surface area contributed by atoms with Crippen molar-refractivity contribution >= 4 is 5.91 Å². The second-order valence-corrected chi connectivity index (χ2v) is 26.8. The highest BCUT2D eigenvalue weighted by Crippen LogP contribution is 2.24. The van der Waals surface area contributed by atoms with Gasteiger partial charge in [0.15, 0.2) is 6.29 Å². The van der Waals surface area contributed by atoms with Crippen LogP contribution in [0.2, 0.25) is 0 Å². The van der Waals surface area contributed by atoms with E-state index in [1.807, 2.05) is 6.08 Å². The van der Waals surface area contributed by atoms with Crippen LogP contribution in [0, 0.1) is 0 Å². The number of hydrogen-bond donors (Lipinski definition) is 6. The molecule has 1 aliphatic rings. The molecule has 1 aliphatic heterocycles. The van der Waals surface area contributed by atoms with E-state index in [0.717, 1.165) is 64.2 Å². The summed E-state index contributed by atoms with van der Waals surface area (Å²) >= 11 is 0. The van der Waals surface area contributed by atoms with E-state index in [0.29, 0.717) is 6.42 Å². The number of allylic oxidation sites excluding steroid dienone is 9. The van der Waals surface area contributed by atoms with Crippen LogP contribution in [0.25, 0.3) is 0 Å². The van der Waals surface area contributed by atoms with Crippen molar-refractivity contribution in [2.45, 2.75) is 423 Å². The largest absolute Gasteiger partial charge is 0.394 e. The molecule has 0 aromatic rings. The van der Waals surface area contributed by atoms with E-state index in [1.54, 1.807) is 6.08 Å². The Morgan fingerprint density at radius 1 is 0.398 bits per heavy atom. The van der Waals surface area contributed by atoms with Gasteiger partial charge in [-0.3, -0.25) is 4.79 Å². The minimum absolute atomic E-state index is 0.169. The van der Waals surface area contributed by atoms with Crippen LogP contribution in [0.15, 0.2) is 60.8 Å². The van der Waals surface area contributed by atoms with Crippen molar-refractivity contribution in [2.75, 3.05) is 13.2 Å². The van der Waals surface area contributed by atoms with Crippen molar-refractivity contribution in [3.8, 4) is 0 Å². The Morgan fingerprint density at radius 2 is 0.705 bits per heavy atom. The molecule has 0 bridgehead atoms. The minimum Gasteiger partial charge on any atom is -0.394 e. The summed E-state index contributed by atoms with van der Waals surface area (Å²) in [6, 6.07) is -0.806. The SMILES string of the molecule is CC/C=C\C/C=C\C/C=C\C/C=C\CCCCCCCCCCCCCCCCCCCCCCCCCCC(=O)NC(COC1OC(CO)C(O)C(O)C1O)C(O)/C=C/CCCCCCCCCCCCCCCCCCCCCCCCCCCC. The van der Waals surface area contributed by atoms with Gasteiger partial charge >= 0.3 is 0 Å². The number of rotatable bonds is 68. The molecule has 0 aromatic heterocycles. The Labute approximate surface area is 545 Å². The first kappa shape index (κ1) is 83.9. The molecule has 0 aromatic carbocycles. The molecule has 516 valence electrons. The summed E-state index contributed by atoms with van der Waals surface area (Å²) in [5, 5.41) is 54.9. The number of unbranched alkanes of at least 4 members (excludes halogenated alkanes) is 50. The van der Waals surface area contributed by atoms with Gasteiger partial charge < -0.3 is 40.3 Å². The molecule has 0 saturated carbocycles. The second kappa shape index (κ2) is 67.8.